The summed E-state index contributed by atoms with van der Waals surface area (Å²) in [7, 11) is 0. The Balaban J connectivity index is 1.49. The van der Waals surface area contributed by atoms with Gasteiger partial charge in [0.15, 0.2) is 0 Å². The molecule has 3 rings (SSSR count). The Morgan fingerprint density at radius 1 is 0.926 bits per heavy atom. The molecule has 2 aromatic carbocycles. The highest BCUT2D eigenvalue weighted by molar-refractivity contribution is 8.00. The Labute approximate surface area is 165 Å². The van der Waals surface area contributed by atoms with Crippen molar-refractivity contribution in [3.63, 3.8) is 0 Å². The van der Waals surface area contributed by atoms with Gasteiger partial charge < -0.3 is 14.2 Å². The third-order valence-electron chi connectivity index (χ3n) is 4.48. The summed E-state index contributed by atoms with van der Waals surface area (Å²) >= 11 is 1.68. The molecule has 27 heavy (non-hydrogen) atoms. The lowest BCUT2D eigenvalue weighted by Gasteiger charge is -2.18. The molecule has 0 spiro atoms. The van der Waals surface area contributed by atoms with Crippen LogP contribution in [0.3, 0.4) is 0 Å². The molecule has 1 heterocycles. The molecule has 0 amide bonds. The van der Waals surface area contributed by atoms with Crippen molar-refractivity contribution < 1.29 is 19.0 Å². The van der Waals surface area contributed by atoms with Gasteiger partial charge in [-0.05, 0) is 11.1 Å². The Bertz CT molecular complexity index is 638. The second kappa shape index (κ2) is 10.5. The van der Waals surface area contributed by atoms with E-state index >= 15 is 0 Å². The molecule has 1 fully saturated rings. The summed E-state index contributed by atoms with van der Waals surface area (Å²) in [5.74, 6) is 0.0705. The molecule has 0 aliphatic carbocycles. The van der Waals surface area contributed by atoms with Crippen molar-refractivity contribution in [1.82, 2.24) is 0 Å². The first-order chi connectivity index (χ1) is 13.2. The number of hydrogen-bond acceptors (Lipinski definition) is 5. The Morgan fingerprint density at radius 3 is 2.04 bits per heavy atom. The van der Waals surface area contributed by atoms with Crippen molar-refractivity contribution in [2.75, 3.05) is 13.2 Å². The average Bonchev–Trinajstić information content (AvgIpc) is 3.04. The summed E-state index contributed by atoms with van der Waals surface area (Å²) in [5, 5.41) is 0.258. The summed E-state index contributed by atoms with van der Waals surface area (Å²) in [6, 6.07) is 20.3. The minimum Gasteiger partial charge on any atom is -0.451 e. The van der Waals surface area contributed by atoms with Crippen LogP contribution in [0.15, 0.2) is 60.7 Å². The van der Waals surface area contributed by atoms with Crippen LogP contribution in [0.2, 0.25) is 0 Å². The lowest BCUT2D eigenvalue weighted by Crippen LogP contribution is -2.22. The predicted molar refractivity (Wildman–Crippen MR) is 107 cm³/mol. The normalized spacial score (nSPS) is 21.9. The molecule has 4 nitrogen and oxygen atoms in total. The lowest BCUT2D eigenvalue weighted by molar-refractivity contribution is -0.142. The number of carbonyl (C=O) groups excluding carboxylic acids is 1. The maximum Gasteiger partial charge on any atom is 0.303 e. The number of thioether (sulfide) groups is 1. The SMILES string of the molecule is CC(=O)OC1C[C@H](COCc2ccccc2)[C@@H](COCc2ccccc2)S1. The van der Waals surface area contributed by atoms with E-state index < -0.39 is 0 Å². The van der Waals surface area contributed by atoms with E-state index in [0.29, 0.717) is 32.3 Å². The third kappa shape index (κ3) is 6.69. The van der Waals surface area contributed by atoms with E-state index in [9.17, 15) is 4.79 Å². The fourth-order valence-electron chi connectivity index (χ4n) is 3.14. The third-order valence-corrected chi connectivity index (χ3v) is 5.94. The predicted octanol–water partition coefficient (Wildman–Crippen LogP) is 4.43. The number of rotatable bonds is 9. The summed E-state index contributed by atoms with van der Waals surface area (Å²) in [4.78, 5) is 11.3. The van der Waals surface area contributed by atoms with Gasteiger partial charge in [0.1, 0.15) is 5.44 Å². The van der Waals surface area contributed by atoms with E-state index in [1.54, 1.807) is 11.8 Å². The van der Waals surface area contributed by atoms with Crippen LogP contribution in [-0.2, 0) is 32.2 Å². The molecule has 1 saturated heterocycles. The molecule has 0 aromatic heterocycles. The minimum atomic E-state index is -0.234. The minimum absolute atomic E-state index is 0.113. The Hall–Kier alpha value is -1.82. The maximum absolute atomic E-state index is 11.3. The Morgan fingerprint density at radius 2 is 1.48 bits per heavy atom. The number of hydrogen-bond donors (Lipinski definition) is 0. The standard InChI is InChI=1S/C22H26O4S/c1-17(23)26-22-12-20(15-24-13-18-8-4-2-5-9-18)21(27-22)16-25-14-19-10-6-3-7-11-19/h2-11,20-22H,12-16H2,1H3/t20-,21-,22?/m1/s1. The van der Waals surface area contributed by atoms with Crippen LogP contribution in [0.25, 0.3) is 0 Å². The van der Waals surface area contributed by atoms with Crippen LogP contribution in [0.5, 0.6) is 0 Å². The van der Waals surface area contributed by atoms with Gasteiger partial charge in [-0.3, -0.25) is 4.79 Å². The average molecular weight is 387 g/mol. The second-order valence-corrected chi connectivity index (χ2v) is 8.11. The molecule has 3 atom stereocenters. The highest BCUT2D eigenvalue weighted by Crippen LogP contribution is 2.39. The number of benzene rings is 2. The topological polar surface area (TPSA) is 44.8 Å². The Kier molecular flexibility index (Phi) is 7.75. The van der Waals surface area contributed by atoms with Crippen molar-refractivity contribution in [1.29, 1.82) is 0 Å². The fraction of sp³-hybridized carbons (Fsp3) is 0.409. The largest absolute Gasteiger partial charge is 0.451 e. The van der Waals surface area contributed by atoms with Gasteiger partial charge in [0.25, 0.3) is 0 Å². The number of carbonyl (C=O) groups is 1. The van der Waals surface area contributed by atoms with E-state index in [1.807, 2.05) is 36.4 Å². The first kappa shape index (κ1) is 19.9. The van der Waals surface area contributed by atoms with Crippen LogP contribution in [0, 0.1) is 5.92 Å². The van der Waals surface area contributed by atoms with Crippen LogP contribution < -0.4 is 0 Å². The molecule has 0 N–H and O–H groups in total. The second-order valence-electron chi connectivity index (χ2n) is 6.71. The molecule has 1 unspecified atom stereocenters. The molecule has 5 heteroatoms. The van der Waals surface area contributed by atoms with Gasteiger partial charge in [-0.25, -0.2) is 0 Å². The quantitative estimate of drug-likeness (QED) is 0.597. The summed E-state index contributed by atoms with van der Waals surface area (Å²) in [6.07, 6.45) is 0.804. The van der Waals surface area contributed by atoms with Gasteiger partial charge >= 0.3 is 5.97 Å². The maximum atomic E-state index is 11.3. The van der Waals surface area contributed by atoms with Crippen LogP contribution in [0.1, 0.15) is 24.5 Å². The van der Waals surface area contributed by atoms with E-state index in [1.165, 1.54) is 6.92 Å². The van der Waals surface area contributed by atoms with E-state index in [-0.39, 0.29) is 16.7 Å². The molecular weight excluding hydrogens is 360 g/mol. The van der Waals surface area contributed by atoms with Crippen molar-refractivity contribution in [2.45, 2.75) is 37.2 Å². The van der Waals surface area contributed by atoms with Crippen LogP contribution in [-0.4, -0.2) is 29.9 Å². The van der Waals surface area contributed by atoms with Crippen molar-refractivity contribution in [3.8, 4) is 0 Å². The van der Waals surface area contributed by atoms with Gasteiger partial charge in [0.2, 0.25) is 0 Å². The van der Waals surface area contributed by atoms with Crippen LogP contribution >= 0.6 is 11.8 Å². The van der Waals surface area contributed by atoms with E-state index in [4.69, 9.17) is 14.2 Å². The van der Waals surface area contributed by atoms with Gasteiger partial charge in [-0.15, -0.1) is 11.8 Å². The smallest absolute Gasteiger partial charge is 0.303 e. The molecule has 0 bridgehead atoms. The molecule has 0 radical (unpaired) electrons. The molecule has 1 aliphatic heterocycles. The summed E-state index contributed by atoms with van der Waals surface area (Å²) in [5.41, 5.74) is 2.21. The van der Waals surface area contributed by atoms with Gasteiger partial charge in [-0.2, -0.15) is 0 Å². The highest BCUT2D eigenvalue weighted by Gasteiger charge is 2.37. The fourth-order valence-corrected chi connectivity index (χ4v) is 4.67. The van der Waals surface area contributed by atoms with Crippen molar-refractivity contribution in [3.05, 3.63) is 71.8 Å². The van der Waals surface area contributed by atoms with E-state index in [0.717, 1.165) is 17.5 Å². The first-order valence-corrected chi connectivity index (χ1v) is 10.2. The lowest BCUT2D eigenvalue weighted by atomic mass is 10.0. The van der Waals surface area contributed by atoms with Gasteiger partial charge in [-0.1, -0.05) is 60.7 Å². The zero-order valence-electron chi connectivity index (χ0n) is 15.6. The van der Waals surface area contributed by atoms with Gasteiger partial charge in [0.05, 0.1) is 26.4 Å². The summed E-state index contributed by atoms with van der Waals surface area (Å²) in [6.45, 7) is 3.90. The van der Waals surface area contributed by atoms with Crippen molar-refractivity contribution in [2.24, 2.45) is 5.92 Å². The first-order valence-electron chi connectivity index (χ1n) is 9.26. The molecule has 0 saturated carbocycles. The molecular formula is C22H26O4S. The zero-order valence-corrected chi connectivity index (χ0v) is 16.4. The summed E-state index contributed by atoms with van der Waals surface area (Å²) < 4.78 is 17.3. The van der Waals surface area contributed by atoms with Crippen molar-refractivity contribution >= 4 is 17.7 Å². The molecule has 1 aliphatic rings. The van der Waals surface area contributed by atoms with Crippen LogP contribution in [0.4, 0.5) is 0 Å². The van der Waals surface area contributed by atoms with Gasteiger partial charge in [0, 0.05) is 24.5 Å². The number of ether oxygens (including phenoxy) is 3. The molecule has 2 aromatic rings. The highest BCUT2D eigenvalue weighted by atomic mass is 32.2. The van der Waals surface area contributed by atoms with E-state index in [2.05, 4.69) is 24.3 Å². The number of esters is 1. The molecule has 144 valence electrons. The zero-order chi connectivity index (χ0) is 18.9. The monoisotopic (exact) mass is 386 g/mol.